The van der Waals surface area contributed by atoms with E-state index in [1.807, 2.05) is 38.2 Å². The summed E-state index contributed by atoms with van der Waals surface area (Å²) in [5.41, 5.74) is 2.61. The van der Waals surface area contributed by atoms with Crippen LogP contribution in [0.15, 0.2) is 24.3 Å². The van der Waals surface area contributed by atoms with Crippen LogP contribution in [0.3, 0.4) is 0 Å². The summed E-state index contributed by atoms with van der Waals surface area (Å²) in [7, 11) is 5.09. The largest absolute Gasteiger partial charge is 0.496 e. The van der Waals surface area contributed by atoms with Gasteiger partial charge in [0.1, 0.15) is 17.3 Å². The molecule has 1 aromatic heterocycles. The van der Waals surface area contributed by atoms with Crippen LogP contribution in [0, 0.1) is 6.92 Å². The fraction of sp³-hybridized carbons (Fsp3) is 0.286. The topological polar surface area (TPSA) is 56.3 Å². The summed E-state index contributed by atoms with van der Waals surface area (Å²) >= 11 is 0. The highest BCUT2D eigenvalue weighted by Crippen LogP contribution is 2.36. The van der Waals surface area contributed by atoms with Crippen LogP contribution in [-0.2, 0) is 0 Å². The Morgan fingerprint density at radius 2 is 1.79 bits per heavy atom. The second kappa shape index (κ2) is 5.56. The zero-order chi connectivity index (χ0) is 13.8. The Kier molecular flexibility index (Phi) is 3.85. The van der Waals surface area contributed by atoms with Gasteiger partial charge in [0.25, 0.3) is 0 Å². The number of ether oxygens (including phenoxy) is 2. The Balaban J connectivity index is 2.51. The molecule has 0 aliphatic rings. The lowest BCUT2D eigenvalue weighted by Gasteiger charge is -2.13. The summed E-state index contributed by atoms with van der Waals surface area (Å²) in [4.78, 5) is 0. The minimum Gasteiger partial charge on any atom is -0.496 e. The second-order valence-corrected chi connectivity index (χ2v) is 4.03. The highest BCUT2D eigenvalue weighted by molar-refractivity contribution is 5.71. The molecule has 0 atom stereocenters. The van der Waals surface area contributed by atoms with Gasteiger partial charge in [-0.15, -0.1) is 10.2 Å². The maximum absolute atomic E-state index is 5.47. The molecule has 1 N–H and O–H groups in total. The van der Waals surface area contributed by atoms with Gasteiger partial charge in [-0.2, -0.15) is 0 Å². The van der Waals surface area contributed by atoms with Crippen molar-refractivity contribution in [1.82, 2.24) is 10.2 Å². The van der Waals surface area contributed by atoms with Crippen LogP contribution in [-0.4, -0.2) is 31.5 Å². The first-order valence-corrected chi connectivity index (χ1v) is 5.94. The fourth-order valence-corrected chi connectivity index (χ4v) is 1.97. The highest BCUT2D eigenvalue weighted by atomic mass is 16.5. The molecule has 19 heavy (non-hydrogen) atoms. The zero-order valence-electron chi connectivity index (χ0n) is 11.5. The summed E-state index contributed by atoms with van der Waals surface area (Å²) < 4.78 is 10.8. The Hall–Kier alpha value is -2.30. The molecule has 0 unspecified atom stereocenters. The number of rotatable bonds is 4. The van der Waals surface area contributed by atoms with Crippen LogP contribution < -0.4 is 14.8 Å². The summed E-state index contributed by atoms with van der Waals surface area (Å²) in [6, 6.07) is 7.61. The molecule has 0 saturated heterocycles. The Morgan fingerprint density at radius 1 is 1.00 bits per heavy atom. The monoisotopic (exact) mass is 259 g/mol. The molecule has 1 heterocycles. The standard InChI is InChI=1S/C14H17N3O2/c1-9-12(18-3)7-5-10(14(9)19-4)11-6-8-13(15-2)17-16-11/h5-8H,1-4H3,(H,15,17). The van der Waals surface area contributed by atoms with Gasteiger partial charge >= 0.3 is 0 Å². The van der Waals surface area contributed by atoms with E-state index in [-0.39, 0.29) is 0 Å². The van der Waals surface area contributed by atoms with Gasteiger partial charge in [-0.3, -0.25) is 0 Å². The lowest BCUT2D eigenvalue weighted by Crippen LogP contribution is -1.98. The Morgan fingerprint density at radius 3 is 2.32 bits per heavy atom. The molecule has 0 bridgehead atoms. The summed E-state index contributed by atoms with van der Waals surface area (Å²) in [5.74, 6) is 2.28. The smallest absolute Gasteiger partial charge is 0.148 e. The average molecular weight is 259 g/mol. The van der Waals surface area contributed by atoms with Crippen molar-refractivity contribution in [2.45, 2.75) is 6.92 Å². The zero-order valence-corrected chi connectivity index (χ0v) is 11.5. The van der Waals surface area contributed by atoms with E-state index in [2.05, 4.69) is 15.5 Å². The molecule has 0 fully saturated rings. The third-order valence-corrected chi connectivity index (χ3v) is 2.98. The van der Waals surface area contributed by atoms with Gasteiger partial charge in [0.2, 0.25) is 0 Å². The van der Waals surface area contributed by atoms with Crippen LogP contribution in [0.25, 0.3) is 11.3 Å². The van der Waals surface area contributed by atoms with E-state index in [1.54, 1.807) is 14.2 Å². The van der Waals surface area contributed by atoms with Gasteiger partial charge < -0.3 is 14.8 Å². The number of nitrogens with zero attached hydrogens (tertiary/aromatic N) is 2. The van der Waals surface area contributed by atoms with Crippen LogP contribution in [0.1, 0.15) is 5.56 Å². The SMILES string of the molecule is CNc1ccc(-c2ccc(OC)c(C)c2OC)nn1. The minimum atomic E-state index is 0.730. The third-order valence-electron chi connectivity index (χ3n) is 2.98. The van der Waals surface area contributed by atoms with Gasteiger partial charge in [0.15, 0.2) is 0 Å². The van der Waals surface area contributed by atoms with Crippen molar-refractivity contribution in [3.05, 3.63) is 29.8 Å². The normalized spacial score (nSPS) is 10.1. The number of methoxy groups -OCH3 is 2. The van der Waals surface area contributed by atoms with Gasteiger partial charge in [0.05, 0.1) is 19.9 Å². The van der Waals surface area contributed by atoms with Crippen LogP contribution in [0.2, 0.25) is 0 Å². The van der Waals surface area contributed by atoms with Crippen LogP contribution in [0.5, 0.6) is 11.5 Å². The van der Waals surface area contributed by atoms with Gasteiger partial charge in [-0.25, -0.2) is 0 Å². The van der Waals surface area contributed by atoms with E-state index in [0.29, 0.717) is 0 Å². The summed E-state index contributed by atoms with van der Waals surface area (Å²) in [5, 5.41) is 11.2. The number of nitrogens with one attached hydrogen (secondary N) is 1. The first-order valence-electron chi connectivity index (χ1n) is 5.94. The Bertz CT molecular complexity index is 568. The van der Waals surface area contributed by atoms with Crippen LogP contribution in [0.4, 0.5) is 5.82 Å². The van der Waals surface area contributed by atoms with Crippen molar-refractivity contribution >= 4 is 5.82 Å². The lowest BCUT2D eigenvalue weighted by atomic mass is 10.1. The molecule has 1 aromatic carbocycles. The maximum Gasteiger partial charge on any atom is 0.148 e. The molecular weight excluding hydrogens is 242 g/mol. The predicted molar refractivity (Wildman–Crippen MR) is 74.9 cm³/mol. The maximum atomic E-state index is 5.47. The average Bonchev–Trinajstić information content (AvgIpc) is 2.47. The van der Waals surface area contributed by atoms with Crippen molar-refractivity contribution in [2.24, 2.45) is 0 Å². The Labute approximate surface area is 112 Å². The molecule has 100 valence electrons. The highest BCUT2D eigenvalue weighted by Gasteiger charge is 2.13. The molecule has 2 aromatic rings. The second-order valence-electron chi connectivity index (χ2n) is 4.03. The molecule has 0 aliphatic heterocycles. The molecule has 2 rings (SSSR count). The minimum absolute atomic E-state index is 0.730. The number of benzene rings is 1. The van der Waals surface area contributed by atoms with Crippen molar-refractivity contribution in [3.63, 3.8) is 0 Å². The number of hydrogen-bond donors (Lipinski definition) is 1. The van der Waals surface area contributed by atoms with Gasteiger partial charge in [0, 0.05) is 18.2 Å². The third kappa shape index (κ3) is 2.45. The molecular formula is C14H17N3O2. The molecule has 0 spiro atoms. The van der Waals surface area contributed by atoms with E-state index in [4.69, 9.17) is 9.47 Å². The first kappa shape index (κ1) is 13.1. The van der Waals surface area contributed by atoms with Gasteiger partial charge in [-0.05, 0) is 31.2 Å². The molecule has 5 nitrogen and oxygen atoms in total. The molecule has 5 heteroatoms. The van der Waals surface area contributed by atoms with E-state index in [0.717, 1.165) is 34.1 Å². The van der Waals surface area contributed by atoms with E-state index >= 15 is 0 Å². The van der Waals surface area contributed by atoms with Crippen molar-refractivity contribution in [2.75, 3.05) is 26.6 Å². The summed E-state index contributed by atoms with van der Waals surface area (Å²) in [6.07, 6.45) is 0. The van der Waals surface area contributed by atoms with Gasteiger partial charge in [-0.1, -0.05) is 0 Å². The fourth-order valence-electron chi connectivity index (χ4n) is 1.97. The molecule has 0 aliphatic carbocycles. The molecule has 0 saturated carbocycles. The quantitative estimate of drug-likeness (QED) is 0.914. The first-order chi connectivity index (χ1) is 9.21. The van der Waals surface area contributed by atoms with Crippen molar-refractivity contribution < 1.29 is 9.47 Å². The molecule has 0 radical (unpaired) electrons. The predicted octanol–water partition coefficient (Wildman–Crippen LogP) is 2.51. The van der Waals surface area contributed by atoms with Crippen molar-refractivity contribution in [3.8, 4) is 22.8 Å². The van der Waals surface area contributed by atoms with Crippen LogP contribution >= 0.6 is 0 Å². The van der Waals surface area contributed by atoms with E-state index in [9.17, 15) is 0 Å². The van der Waals surface area contributed by atoms with E-state index in [1.165, 1.54) is 0 Å². The lowest BCUT2D eigenvalue weighted by molar-refractivity contribution is 0.390. The molecule has 0 amide bonds. The van der Waals surface area contributed by atoms with E-state index < -0.39 is 0 Å². The number of aromatic nitrogens is 2. The number of anilines is 1. The number of hydrogen-bond acceptors (Lipinski definition) is 5. The summed E-state index contributed by atoms with van der Waals surface area (Å²) in [6.45, 7) is 1.95. The van der Waals surface area contributed by atoms with Crippen molar-refractivity contribution in [1.29, 1.82) is 0 Å².